The lowest BCUT2D eigenvalue weighted by Gasteiger charge is -2.22. The standard InChI is InChI=1S/C13H16N2O/c16-13(11-1-2-11)15(12-3-4-12)9-10-5-7-14-8-6-10/h5-8,11-12H,1-4,9H2. The number of pyridine rings is 1. The summed E-state index contributed by atoms with van der Waals surface area (Å²) in [4.78, 5) is 18.2. The van der Waals surface area contributed by atoms with E-state index in [1.165, 1.54) is 18.4 Å². The van der Waals surface area contributed by atoms with Crippen LogP contribution in [0.4, 0.5) is 0 Å². The maximum atomic E-state index is 12.1. The Bertz CT molecular complexity index is 382. The van der Waals surface area contributed by atoms with Crippen LogP contribution >= 0.6 is 0 Å². The van der Waals surface area contributed by atoms with Gasteiger partial charge in [0.25, 0.3) is 0 Å². The Balaban J connectivity index is 1.71. The van der Waals surface area contributed by atoms with Crippen LogP contribution in [0.25, 0.3) is 0 Å². The minimum Gasteiger partial charge on any atom is -0.335 e. The van der Waals surface area contributed by atoms with Crippen molar-refractivity contribution in [2.24, 2.45) is 5.92 Å². The molecule has 0 unspecified atom stereocenters. The van der Waals surface area contributed by atoms with E-state index in [1.807, 2.05) is 12.1 Å². The fourth-order valence-electron chi connectivity index (χ4n) is 2.02. The lowest BCUT2D eigenvalue weighted by atomic mass is 10.2. The van der Waals surface area contributed by atoms with Crippen LogP contribution < -0.4 is 0 Å². The molecule has 0 bridgehead atoms. The highest BCUT2D eigenvalue weighted by Gasteiger charge is 2.39. The minimum atomic E-state index is 0.336. The predicted molar refractivity (Wildman–Crippen MR) is 60.5 cm³/mol. The Morgan fingerprint density at radius 1 is 1.25 bits per heavy atom. The van der Waals surface area contributed by atoms with Crippen LogP contribution in [0.5, 0.6) is 0 Å². The van der Waals surface area contributed by atoms with Gasteiger partial charge in [-0.05, 0) is 43.4 Å². The first-order valence-electron chi connectivity index (χ1n) is 6.04. The molecular weight excluding hydrogens is 200 g/mol. The zero-order chi connectivity index (χ0) is 11.0. The molecule has 3 heteroatoms. The van der Waals surface area contributed by atoms with Crippen molar-refractivity contribution in [3.8, 4) is 0 Å². The molecule has 0 radical (unpaired) electrons. The van der Waals surface area contributed by atoms with Crippen LogP contribution in [0.15, 0.2) is 24.5 Å². The van der Waals surface area contributed by atoms with Gasteiger partial charge in [0.1, 0.15) is 0 Å². The van der Waals surface area contributed by atoms with E-state index in [-0.39, 0.29) is 0 Å². The molecule has 2 aliphatic rings. The van der Waals surface area contributed by atoms with Crippen LogP contribution in [0.3, 0.4) is 0 Å². The van der Waals surface area contributed by atoms with Gasteiger partial charge in [-0.25, -0.2) is 0 Å². The third-order valence-electron chi connectivity index (χ3n) is 3.30. The SMILES string of the molecule is O=C(C1CC1)N(Cc1ccncc1)C1CC1. The highest BCUT2D eigenvalue weighted by Crippen LogP contribution is 2.36. The lowest BCUT2D eigenvalue weighted by Crippen LogP contribution is -2.33. The summed E-state index contributed by atoms with van der Waals surface area (Å²) in [6.07, 6.45) is 8.15. The van der Waals surface area contributed by atoms with Crippen molar-refractivity contribution in [1.29, 1.82) is 0 Å². The summed E-state index contributed by atoms with van der Waals surface area (Å²) in [5.74, 6) is 0.710. The number of amides is 1. The van der Waals surface area contributed by atoms with Gasteiger partial charge >= 0.3 is 0 Å². The molecule has 1 amide bonds. The molecule has 1 aromatic rings. The van der Waals surface area contributed by atoms with E-state index in [2.05, 4.69) is 9.88 Å². The topological polar surface area (TPSA) is 33.2 Å². The smallest absolute Gasteiger partial charge is 0.226 e. The van der Waals surface area contributed by atoms with Crippen molar-refractivity contribution in [3.05, 3.63) is 30.1 Å². The predicted octanol–water partition coefficient (Wildman–Crippen LogP) is 1.98. The maximum absolute atomic E-state index is 12.1. The molecule has 16 heavy (non-hydrogen) atoms. The molecule has 1 heterocycles. The second kappa shape index (κ2) is 3.89. The van der Waals surface area contributed by atoms with Crippen molar-refractivity contribution >= 4 is 5.91 Å². The van der Waals surface area contributed by atoms with Gasteiger partial charge in [0.05, 0.1) is 0 Å². The first-order chi connectivity index (χ1) is 7.84. The van der Waals surface area contributed by atoms with Crippen LogP contribution in [0.1, 0.15) is 31.2 Å². The zero-order valence-corrected chi connectivity index (χ0v) is 9.30. The number of hydrogen-bond acceptors (Lipinski definition) is 2. The van der Waals surface area contributed by atoms with Gasteiger partial charge in [0, 0.05) is 30.9 Å². The van der Waals surface area contributed by atoms with E-state index in [0.717, 1.165) is 19.4 Å². The Morgan fingerprint density at radius 3 is 2.50 bits per heavy atom. The number of rotatable bonds is 4. The number of carbonyl (C=O) groups excluding carboxylic acids is 1. The van der Waals surface area contributed by atoms with E-state index in [4.69, 9.17) is 0 Å². The summed E-state index contributed by atoms with van der Waals surface area (Å²) < 4.78 is 0. The molecular formula is C13H16N2O. The number of hydrogen-bond donors (Lipinski definition) is 0. The summed E-state index contributed by atoms with van der Waals surface area (Å²) in [5.41, 5.74) is 1.19. The summed E-state index contributed by atoms with van der Waals surface area (Å²) >= 11 is 0. The Labute approximate surface area is 95.5 Å². The van der Waals surface area contributed by atoms with Crippen LogP contribution in [-0.4, -0.2) is 21.8 Å². The minimum absolute atomic E-state index is 0.336. The summed E-state index contributed by atoms with van der Waals surface area (Å²) in [5, 5.41) is 0. The van der Waals surface area contributed by atoms with E-state index in [1.54, 1.807) is 12.4 Å². The van der Waals surface area contributed by atoms with Gasteiger partial charge in [0.15, 0.2) is 0 Å². The van der Waals surface area contributed by atoms with Gasteiger partial charge in [-0.3, -0.25) is 9.78 Å². The quantitative estimate of drug-likeness (QED) is 0.771. The highest BCUT2D eigenvalue weighted by atomic mass is 16.2. The van der Waals surface area contributed by atoms with Gasteiger partial charge < -0.3 is 4.90 Å². The summed E-state index contributed by atoms with van der Waals surface area (Å²) in [6, 6.07) is 4.51. The Morgan fingerprint density at radius 2 is 1.94 bits per heavy atom. The molecule has 0 saturated heterocycles. The maximum Gasteiger partial charge on any atom is 0.226 e. The summed E-state index contributed by atoms with van der Waals surface area (Å²) in [6.45, 7) is 0.766. The second-order valence-electron chi connectivity index (χ2n) is 4.83. The molecule has 1 aromatic heterocycles. The molecule has 3 rings (SSSR count). The van der Waals surface area contributed by atoms with E-state index in [9.17, 15) is 4.79 Å². The normalized spacial score (nSPS) is 19.5. The van der Waals surface area contributed by atoms with Crippen molar-refractivity contribution in [2.75, 3.05) is 0 Å². The van der Waals surface area contributed by atoms with Gasteiger partial charge in [-0.15, -0.1) is 0 Å². The first-order valence-corrected chi connectivity index (χ1v) is 6.04. The second-order valence-corrected chi connectivity index (χ2v) is 4.83. The number of carbonyl (C=O) groups is 1. The molecule has 0 aliphatic heterocycles. The molecule has 0 atom stereocenters. The Hall–Kier alpha value is -1.38. The molecule has 2 saturated carbocycles. The van der Waals surface area contributed by atoms with Gasteiger partial charge in [-0.1, -0.05) is 0 Å². The van der Waals surface area contributed by atoms with Crippen molar-refractivity contribution < 1.29 is 4.79 Å². The fourth-order valence-corrected chi connectivity index (χ4v) is 2.02. The molecule has 0 aromatic carbocycles. The van der Waals surface area contributed by atoms with Crippen LogP contribution in [0, 0.1) is 5.92 Å². The van der Waals surface area contributed by atoms with E-state index >= 15 is 0 Å². The Kier molecular flexibility index (Phi) is 2.39. The monoisotopic (exact) mass is 216 g/mol. The van der Waals surface area contributed by atoms with E-state index in [0.29, 0.717) is 17.9 Å². The molecule has 84 valence electrons. The lowest BCUT2D eigenvalue weighted by molar-refractivity contribution is -0.133. The fraction of sp³-hybridized carbons (Fsp3) is 0.538. The average molecular weight is 216 g/mol. The number of nitrogens with zero attached hydrogens (tertiary/aromatic N) is 2. The largest absolute Gasteiger partial charge is 0.335 e. The molecule has 0 N–H and O–H groups in total. The van der Waals surface area contributed by atoms with E-state index < -0.39 is 0 Å². The van der Waals surface area contributed by atoms with Crippen molar-refractivity contribution in [3.63, 3.8) is 0 Å². The number of aromatic nitrogens is 1. The van der Waals surface area contributed by atoms with Gasteiger partial charge in [0.2, 0.25) is 5.91 Å². The summed E-state index contributed by atoms with van der Waals surface area (Å²) in [7, 11) is 0. The average Bonchev–Trinajstić information content (AvgIpc) is 3.19. The molecule has 2 fully saturated rings. The molecule has 2 aliphatic carbocycles. The molecule has 3 nitrogen and oxygen atoms in total. The highest BCUT2D eigenvalue weighted by molar-refractivity contribution is 5.81. The van der Waals surface area contributed by atoms with Crippen LogP contribution in [0.2, 0.25) is 0 Å². The van der Waals surface area contributed by atoms with Gasteiger partial charge in [-0.2, -0.15) is 0 Å². The van der Waals surface area contributed by atoms with Crippen molar-refractivity contribution in [2.45, 2.75) is 38.3 Å². The third kappa shape index (κ3) is 2.08. The van der Waals surface area contributed by atoms with Crippen LogP contribution in [-0.2, 0) is 11.3 Å². The molecule has 0 spiro atoms. The third-order valence-corrected chi connectivity index (χ3v) is 3.30. The first kappa shape index (κ1) is 9.82. The van der Waals surface area contributed by atoms with Crippen molar-refractivity contribution in [1.82, 2.24) is 9.88 Å². The zero-order valence-electron chi connectivity index (χ0n) is 9.30.